The largest absolute Gasteiger partial charge is 0.490 e. The third-order valence-corrected chi connectivity index (χ3v) is 5.57. The molecule has 0 aliphatic carbocycles. The number of nitrogens with zero attached hydrogens (tertiary/aromatic N) is 1. The number of thiocarbonyl (C=S) groups is 1. The van der Waals surface area contributed by atoms with Gasteiger partial charge in [0, 0.05) is 7.05 Å². The third kappa shape index (κ3) is 4.90. The molecule has 140 valence electrons. The van der Waals surface area contributed by atoms with Gasteiger partial charge in [-0.2, -0.15) is 0 Å². The first-order valence-corrected chi connectivity index (χ1v) is 9.81. The van der Waals surface area contributed by atoms with E-state index in [0.29, 0.717) is 22.4 Å². The summed E-state index contributed by atoms with van der Waals surface area (Å²) in [5.41, 5.74) is 3.23. The predicted octanol–water partition coefficient (Wildman–Crippen LogP) is 4.59. The Morgan fingerprint density at radius 1 is 1.11 bits per heavy atom. The van der Waals surface area contributed by atoms with Gasteiger partial charge in [0.05, 0.1) is 4.91 Å². The van der Waals surface area contributed by atoms with E-state index in [-0.39, 0.29) is 5.91 Å². The molecule has 0 aromatic heterocycles. The summed E-state index contributed by atoms with van der Waals surface area (Å²) in [7, 11) is 1.69. The van der Waals surface area contributed by atoms with Gasteiger partial charge in [-0.05, 0) is 49.2 Å². The van der Waals surface area contributed by atoms with Gasteiger partial charge in [0.15, 0.2) is 0 Å². The maximum absolute atomic E-state index is 12.1. The minimum atomic E-state index is -0.0711. The monoisotopic (exact) mass is 399 g/mol. The highest BCUT2D eigenvalue weighted by atomic mass is 32.2. The Labute approximate surface area is 169 Å². The number of amides is 1. The SMILES string of the molecule is Cc1ccc(OCCOc2cccc(C=C3SC(=S)N(C)C3=O)c2)c(C)c1. The number of ether oxygens (including phenoxy) is 2. The van der Waals surface area contributed by atoms with Crippen LogP contribution in [0.4, 0.5) is 0 Å². The Morgan fingerprint density at radius 2 is 1.89 bits per heavy atom. The summed E-state index contributed by atoms with van der Waals surface area (Å²) >= 11 is 6.47. The van der Waals surface area contributed by atoms with Gasteiger partial charge in [-0.25, -0.2) is 0 Å². The molecule has 0 saturated carbocycles. The molecule has 0 N–H and O–H groups in total. The van der Waals surface area contributed by atoms with E-state index in [2.05, 4.69) is 13.0 Å². The number of carbonyl (C=O) groups excluding carboxylic acids is 1. The minimum absolute atomic E-state index is 0.0711. The van der Waals surface area contributed by atoms with Gasteiger partial charge in [-0.1, -0.05) is 53.8 Å². The quantitative estimate of drug-likeness (QED) is 0.403. The van der Waals surface area contributed by atoms with Crippen LogP contribution in [0.15, 0.2) is 47.4 Å². The van der Waals surface area contributed by atoms with E-state index in [0.717, 1.165) is 22.6 Å². The van der Waals surface area contributed by atoms with Crippen LogP contribution in [0.3, 0.4) is 0 Å². The van der Waals surface area contributed by atoms with Crippen molar-refractivity contribution in [1.82, 2.24) is 4.90 Å². The summed E-state index contributed by atoms with van der Waals surface area (Å²) < 4.78 is 12.1. The van der Waals surface area contributed by atoms with Crippen molar-refractivity contribution >= 4 is 40.3 Å². The lowest BCUT2D eigenvalue weighted by Gasteiger charge is -2.11. The zero-order valence-corrected chi connectivity index (χ0v) is 17.2. The summed E-state index contributed by atoms with van der Waals surface area (Å²) in [6.07, 6.45) is 1.84. The van der Waals surface area contributed by atoms with Gasteiger partial charge in [-0.3, -0.25) is 9.69 Å². The molecule has 1 heterocycles. The molecule has 0 radical (unpaired) electrons. The van der Waals surface area contributed by atoms with E-state index in [1.54, 1.807) is 7.05 Å². The number of carbonyl (C=O) groups is 1. The van der Waals surface area contributed by atoms with Crippen LogP contribution in [0, 0.1) is 13.8 Å². The van der Waals surface area contributed by atoms with E-state index in [1.165, 1.54) is 22.2 Å². The normalized spacial score (nSPS) is 15.5. The molecule has 1 amide bonds. The van der Waals surface area contributed by atoms with Gasteiger partial charge in [0.25, 0.3) is 5.91 Å². The van der Waals surface area contributed by atoms with E-state index in [4.69, 9.17) is 21.7 Å². The van der Waals surface area contributed by atoms with E-state index in [1.807, 2.05) is 49.4 Å². The predicted molar refractivity (Wildman–Crippen MR) is 114 cm³/mol. The van der Waals surface area contributed by atoms with Gasteiger partial charge >= 0.3 is 0 Å². The van der Waals surface area contributed by atoms with Crippen LogP contribution >= 0.6 is 24.0 Å². The molecule has 0 atom stereocenters. The van der Waals surface area contributed by atoms with Crippen molar-refractivity contribution in [2.45, 2.75) is 13.8 Å². The van der Waals surface area contributed by atoms with Gasteiger partial charge in [-0.15, -0.1) is 0 Å². The molecule has 27 heavy (non-hydrogen) atoms. The van der Waals surface area contributed by atoms with Crippen molar-refractivity contribution < 1.29 is 14.3 Å². The van der Waals surface area contributed by atoms with Gasteiger partial charge in [0.2, 0.25) is 0 Å². The van der Waals surface area contributed by atoms with Crippen LogP contribution in [-0.4, -0.2) is 35.4 Å². The molecule has 1 aliphatic rings. The lowest BCUT2D eigenvalue weighted by molar-refractivity contribution is -0.121. The fourth-order valence-corrected chi connectivity index (χ4v) is 3.84. The summed E-state index contributed by atoms with van der Waals surface area (Å²) in [6.45, 7) is 4.99. The smallest absolute Gasteiger partial charge is 0.265 e. The second-order valence-corrected chi connectivity index (χ2v) is 7.95. The molecule has 1 aliphatic heterocycles. The fourth-order valence-electron chi connectivity index (χ4n) is 2.66. The Morgan fingerprint density at radius 3 is 2.59 bits per heavy atom. The van der Waals surface area contributed by atoms with Crippen LogP contribution in [-0.2, 0) is 4.79 Å². The first-order chi connectivity index (χ1) is 12.9. The first-order valence-electron chi connectivity index (χ1n) is 8.58. The van der Waals surface area contributed by atoms with Crippen molar-refractivity contribution in [2.24, 2.45) is 0 Å². The van der Waals surface area contributed by atoms with Crippen LogP contribution in [0.1, 0.15) is 16.7 Å². The summed E-state index contributed by atoms with van der Waals surface area (Å²) in [5, 5.41) is 0. The second kappa shape index (κ2) is 8.59. The maximum Gasteiger partial charge on any atom is 0.265 e. The minimum Gasteiger partial charge on any atom is -0.490 e. The zero-order valence-electron chi connectivity index (χ0n) is 15.5. The molecule has 1 fully saturated rings. The van der Waals surface area contributed by atoms with E-state index >= 15 is 0 Å². The number of aryl methyl sites for hydroxylation is 2. The van der Waals surface area contributed by atoms with E-state index < -0.39 is 0 Å². The molecule has 0 unspecified atom stereocenters. The number of hydrogen-bond acceptors (Lipinski definition) is 5. The third-order valence-electron chi connectivity index (χ3n) is 4.08. The van der Waals surface area contributed by atoms with Gasteiger partial charge in [0.1, 0.15) is 29.0 Å². The van der Waals surface area contributed by atoms with Crippen molar-refractivity contribution in [1.29, 1.82) is 0 Å². The number of likely N-dealkylation sites (N-methyl/N-ethyl adjacent to an activating group) is 1. The molecule has 0 spiro atoms. The molecule has 1 saturated heterocycles. The lowest BCUT2D eigenvalue weighted by Crippen LogP contribution is -2.22. The average Bonchev–Trinajstić information content (AvgIpc) is 2.87. The maximum atomic E-state index is 12.1. The number of thioether (sulfide) groups is 1. The summed E-state index contributed by atoms with van der Waals surface area (Å²) in [5.74, 6) is 1.54. The molecule has 6 heteroatoms. The molecule has 2 aromatic carbocycles. The van der Waals surface area contributed by atoms with E-state index in [9.17, 15) is 4.79 Å². The Balaban J connectivity index is 1.57. The number of rotatable bonds is 6. The molecule has 4 nitrogen and oxygen atoms in total. The van der Waals surface area contributed by atoms with Crippen LogP contribution in [0.25, 0.3) is 6.08 Å². The Kier molecular flexibility index (Phi) is 6.19. The topological polar surface area (TPSA) is 38.8 Å². The van der Waals surface area contributed by atoms with Crippen LogP contribution in [0.2, 0.25) is 0 Å². The van der Waals surface area contributed by atoms with Crippen LogP contribution in [0.5, 0.6) is 11.5 Å². The Bertz CT molecular complexity index is 908. The standard InChI is InChI=1S/C21H21NO3S2/c1-14-7-8-18(15(2)11-14)25-10-9-24-17-6-4-5-16(12-17)13-19-20(23)22(3)21(26)27-19/h4-8,11-13H,9-10H2,1-3H3. The van der Waals surface area contributed by atoms with Crippen molar-refractivity contribution in [3.8, 4) is 11.5 Å². The lowest BCUT2D eigenvalue weighted by atomic mass is 10.1. The number of hydrogen-bond donors (Lipinski definition) is 0. The second-order valence-electron chi connectivity index (χ2n) is 6.28. The Hall–Kier alpha value is -2.31. The molecular formula is C21H21NO3S2. The van der Waals surface area contributed by atoms with Crippen molar-refractivity contribution in [2.75, 3.05) is 20.3 Å². The highest BCUT2D eigenvalue weighted by molar-refractivity contribution is 8.26. The highest BCUT2D eigenvalue weighted by Gasteiger charge is 2.28. The zero-order chi connectivity index (χ0) is 19.4. The molecule has 0 bridgehead atoms. The molecule has 3 rings (SSSR count). The van der Waals surface area contributed by atoms with Crippen molar-refractivity contribution in [3.05, 3.63) is 64.1 Å². The van der Waals surface area contributed by atoms with Gasteiger partial charge < -0.3 is 9.47 Å². The first kappa shape index (κ1) is 19.5. The molecular weight excluding hydrogens is 378 g/mol. The average molecular weight is 400 g/mol. The summed E-state index contributed by atoms with van der Waals surface area (Å²) in [6, 6.07) is 13.7. The fraction of sp³-hybridized carbons (Fsp3) is 0.238. The van der Waals surface area contributed by atoms with Crippen LogP contribution < -0.4 is 9.47 Å². The number of benzene rings is 2. The van der Waals surface area contributed by atoms with Crippen molar-refractivity contribution in [3.63, 3.8) is 0 Å². The molecule has 2 aromatic rings. The summed E-state index contributed by atoms with van der Waals surface area (Å²) in [4.78, 5) is 14.2. The highest BCUT2D eigenvalue weighted by Crippen LogP contribution is 2.31.